The van der Waals surface area contributed by atoms with E-state index in [4.69, 9.17) is 0 Å². The fraction of sp³-hybridized carbons (Fsp3) is 0.833. The van der Waals surface area contributed by atoms with E-state index >= 15 is 0 Å². The molecule has 80 valence electrons. The summed E-state index contributed by atoms with van der Waals surface area (Å²) >= 11 is 0. The molecule has 1 amide bonds. The molecule has 9 heteroatoms. The first-order chi connectivity index (χ1) is 6.69. The molecule has 0 spiro atoms. The summed E-state index contributed by atoms with van der Waals surface area (Å²) in [7, 11) is 1.29. The Kier molecular flexibility index (Phi) is 6.37. The summed E-state index contributed by atoms with van der Waals surface area (Å²) in [6, 6.07) is 0. The normalized spacial score (nSPS) is 17.0. The van der Waals surface area contributed by atoms with Crippen molar-refractivity contribution in [3.63, 3.8) is 0 Å². The number of carbonyl (C=O) groups excluding carboxylic acids is 1. The van der Waals surface area contributed by atoms with Crippen LogP contribution in [0.3, 0.4) is 0 Å². The van der Waals surface area contributed by atoms with Crippen LogP contribution in [-0.4, -0.2) is 54.3 Å². The van der Waals surface area contributed by atoms with Gasteiger partial charge in [-0.05, 0) is 5.28 Å². The third kappa shape index (κ3) is 3.73. The van der Waals surface area contributed by atoms with E-state index in [2.05, 4.69) is 10.0 Å². The quantitative estimate of drug-likeness (QED) is 0.202. The molecular formula is C6H11N4NaO4. The Labute approximate surface area is 109 Å². The van der Waals surface area contributed by atoms with E-state index < -0.39 is 6.09 Å². The molecule has 0 N–H and O–H groups in total. The van der Waals surface area contributed by atoms with Gasteiger partial charge in [0.1, 0.15) is 0 Å². The zero-order valence-corrected chi connectivity index (χ0v) is 10.8. The number of methoxy groups -OCH3 is 1. The Bertz CT molecular complexity index is 241. The molecule has 1 saturated heterocycles. The first-order valence-electron chi connectivity index (χ1n) is 4.07. The van der Waals surface area contributed by atoms with Gasteiger partial charge in [0.25, 0.3) is 0 Å². The Balaban J connectivity index is 0.00000196. The molecule has 0 bridgehead atoms. The van der Waals surface area contributed by atoms with Gasteiger partial charge in [-0.3, -0.25) is 0 Å². The van der Waals surface area contributed by atoms with Crippen LogP contribution in [0.15, 0.2) is 5.28 Å². The fourth-order valence-electron chi connectivity index (χ4n) is 1.23. The van der Waals surface area contributed by atoms with Gasteiger partial charge >= 0.3 is 35.7 Å². The second kappa shape index (κ2) is 6.70. The van der Waals surface area contributed by atoms with Gasteiger partial charge in [-0.25, -0.2) is 4.79 Å². The van der Waals surface area contributed by atoms with E-state index in [9.17, 15) is 15.2 Å². The van der Waals surface area contributed by atoms with Crippen molar-refractivity contribution in [3.05, 3.63) is 10.4 Å². The molecule has 0 unspecified atom stereocenters. The Morgan fingerprint density at radius 2 is 1.93 bits per heavy atom. The maximum atomic E-state index is 11.0. The van der Waals surface area contributed by atoms with Gasteiger partial charge in [0.15, 0.2) is 0 Å². The minimum Gasteiger partial charge on any atom is -0.737 e. The summed E-state index contributed by atoms with van der Waals surface area (Å²) in [5, 5.41) is 24.1. The van der Waals surface area contributed by atoms with Crippen molar-refractivity contribution in [2.45, 2.75) is 0 Å². The van der Waals surface area contributed by atoms with Gasteiger partial charge in [-0.15, -0.1) is 5.01 Å². The Morgan fingerprint density at radius 1 is 1.40 bits per heavy atom. The van der Waals surface area contributed by atoms with Crippen LogP contribution >= 0.6 is 0 Å². The number of hydrogen-bond acceptors (Lipinski definition) is 5. The van der Waals surface area contributed by atoms with Crippen LogP contribution in [0.4, 0.5) is 4.79 Å². The second-order valence-electron chi connectivity index (χ2n) is 2.75. The van der Waals surface area contributed by atoms with Gasteiger partial charge in [-0.1, -0.05) is 0 Å². The molecule has 15 heavy (non-hydrogen) atoms. The summed E-state index contributed by atoms with van der Waals surface area (Å²) < 4.78 is 4.50. The molecule has 0 aromatic carbocycles. The molecule has 1 aliphatic heterocycles. The molecule has 0 saturated carbocycles. The zero-order valence-electron chi connectivity index (χ0n) is 8.75. The van der Waals surface area contributed by atoms with E-state index in [1.54, 1.807) is 0 Å². The summed E-state index contributed by atoms with van der Waals surface area (Å²) in [6.07, 6.45) is -0.429. The number of hydrogen-bond donors (Lipinski definition) is 0. The molecule has 1 fully saturated rings. The smallest absolute Gasteiger partial charge is 0.737 e. The van der Waals surface area contributed by atoms with Gasteiger partial charge in [-0.2, -0.15) is 0 Å². The second-order valence-corrected chi connectivity index (χ2v) is 2.75. The van der Waals surface area contributed by atoms with Crippen LogP contribution in [0.2, 0.25) is 0 Å². The van der Waals surface area contributed by atoms with Gasteiger partial charge in [0, 0.05) is 18.1 Å². The average molecular weight is 226 g/mol. The number of nitrogens with zero attached hydrogens (tertiary/aromatic N) is 4. The summed E-state index contributed by atoms with van der Waals surface area (Å²) in [4.78, 5) is 12.5. The maximum Gasteiger partial charge on any atom is 1.00 e. The molecule has 0 aromatic heterocycles. The largest absolute Gasteiger partial charge is 1.00 e. The van der Waals surface area contributed by atoms with Crippen molar-refractivity contribution >= 4 is 6.09 Å². The first kappa shape index (κ1) is 14.3. The van der Waals surface area contributed by atoms with Crippen molar-refractivity contribution in [2.24, 2.45) is 5.28 Å². The summed E-state index contributed by atoms with van der Waals surface area (Å²) in [5.41, 5.74) is 0. The predicted octanol–water partition coefficient (Wildman–Crippen LogP) is -3.25. The number of piperazine rings is 1. The van der Waals surface area contributed by atoms with Gasteiger partial charge < -0.3 is 20.1 Å². The molecule has 0 atom stereocenters. The minimum absolute atomic E-state index is 0. The standard InChI is InChI=1S/C6H12N4O4.Na/c1-14-6(11)8-2-4-9(5-3-8)10(13)7-12;/h12H,2-5H2,1H3;/q;+1/p-1/b10-7-;. The number of ether oxygens (including phenoxy) is 1. The predicted molar refractivity (Wildman–Crippen MR) is 45.0 cm³/mol. The van der Waals surface area contributed by atoms with E-state index in [0.717, 1.165) is 0 Å². The molecular weight excluding hydrogens is 215 g/mol. The molecule has 1 heterocycles. The summed E-state index contributed by atoms with van der Waals surface area (Å²) in [6.45, 7) is 1.26. The zero-order chi connectivity index (χ0) is 10.6. The Hall–Kier alpha value is -0.730. The molecule has 1 rings (SSSR count). The molecule has 0 aliphatic carbocycles. The van der Waals surface area contributed by atoms with E-state index in [1.165, 1.54) is 17.0 Å². The monoisotopic (exact) mass is 226 g/mol. The number of amides is 1. The van der Waals surface area contributed by atoms with Crippen LogP contribution in [-0.2, 0) is 4.74 Å². The van der Waals surface area contributed by atoms with E-state index in [0.29, 0.717) is 13.1 Å². The Morgan fingerprint density at radius 3 is 2.33 bits per heavy atom. The third-order valence-electron chi connectivity index (χ3n) is 2.00. The minimum atomic E-state index is -0.429. The molecule has 8 nitrogen and oxygen atoms in total. The van der Waals surface area contributed by atoms with Gasteiger partial charge in [0.2, 0.25) is 0 Å². The number of hydrazine groups is 1. The summed E-state index contributed by atoms with van der Waals surface area (Å²) in [5.74, 6) is 0. The van der Waals surface area contributed by atoms with E-state index in [-0.39, 0.29) is 47.6 Å². The topological polar surface area (TPSA) is 94.3 Å². The fourth-order valence-corrected chi connectivity index (χ4v) is 1.23. The van der Waals surface area contributed by atoms with Crippen LogP contribution in [0.1, 0.15) is 0 Å². The molecule has 0 radical (unpaired) electrons. The van der Waals surface area contributed by atoms with Crippen LogP contribution in [0.25, 0.3) is 0 Å². The average Bonchev–Trinajstić information content (AvgIpc) is 2.27. The number of carbonyl (C=O) groups is 1. The van der Waals surface area contributed by atoms with Crippen LogP contribution in [0.5, 0.6) is 0 Å². The molecule has 0 aromatic rings. The van der Waals surface area contributed by atoms with Crippen LogP contribution in [0, 0.1) is 10.4 Å². The van der Waals surface area contributed by atoms with Crippen molar-refractivity contribution < 1.29 is 44.1 Å². The van der Waals surface area contributed by atoms with Crippen LogP contribution < -0.4 is 29.6 Å². The van der Waals surface area contributed by atoms with Crippen molar-refractivity contribution in [1.29, 1.82) is 0 Å². The third-order valence-corrected chi connectivity index (χ3v) is 2.00. The van der Waals surface area contributed by atoms with Crippen molar-refractivity contribution in [2.75, 3.05) is 33.3 Å². The number of rotatable bonds is 1. The van der Waals surface area contributed by atoms with Gasteiger partial charge in [0.05, 0.1) is 20.2 Å². The maximum absolute atomic E-state index is 11.0. The molecule has 1 aliphatic rings. The van der Waals surface area contributed by atoms with Crippen molar-refractivity contribution in [3.8, 4) is 0 Å². The first-order valence-corrected chi connectivity index (χ1v) is 4.07. The SMILES string of the molecule is COC(=O)N1CCN(/[N+]([O-])=N/[O-])CC1.[Na+]. The van der Waals surface area contributed by atoms with E-state index in [1.807, 2.05) is 0 Å². The van der Waals surface area contributed by atoms with Crippen molar-refractivity contribution in [1.82, 2.24) is 9.91 Å².